The van der Waals surface area contributed by atoms with E-state index in [1.807, 2.05) is 6.07 Å². The molecular weight excluding hydrogens is 512 g/mol. The van der Waals surface area contributed by atoms with Gasteiger partial charge >= 0.3 is 5.97 Å². The van der Waals surface area contributed by atoms with E-state index in [0.717, 1.165) is 0 Å². The van der Waals surface area contributed by atoms with Gasteiger partial charge in [0.25, 0.3) is 0 Å². The molecule has 0 aromatic heterocycles. The van der Waals surface area contributed by atoms with E-state index >= 15 is 0 Å². The summed E-state index contributed by atoms with van der Waals surface area (Å²) in [5.41, 5.74) is -1.80. The highest BCUT2D eigenvalue weighted by molar-refractivity contribution is 5.89. The first-order valence-electron chi connectivity index (χ1n) is 13.1. The molecule has 208 valence electrons. The summed E-state index contributed by atoms with van der Waals surface area (Å²) in [7, 11) is 0. The SMILES string of the molecule is O=C(OC[C@@]12[C@@H]3O[C@H]4C[C@@](O)(O3)[C@@H]1C[C@]42O[C@@H]1O[C@H](COc2ccccc2)[C@@H](O)[C@H](O)[C@H]1O)c1ccccc1. The van der Waals surface area contributed by atoms with Crippen LogP contribution in [-0.4, -0.2) is 94.1 Å². The molecule has 0 spiro atoms. The van der Waals surface area contributed by atoms with Gasteiger partial charge in [0.1, 0.15) is 49.0 Å². The van der Waals surface area contributed by atoms with E-state index in [9.17, 15) is 25.2 Å². The lowest BCUT2D eigenvalue weighted by atomic mass is 9.44. The summed E-state index contributed by atoms with van der Waals surface area (Å²) < 4.78 is 35.8. The van der Waals surface area contributed by atoms with Crippen LogP contribution < -0.4 is 4.74 Å². The number of ether oxygens (including phenoxy) is 6. The highest BCUT2D eigenvalue weighted by Crippen LogP contribution is 2.78. The van der Waals surface area contributed by atoms with Gasteiger partial charge in [0, 0.05) is 12.3 Å². The van der Waals surface area contributed by atoms with Crippen LogP contribution in [0.1, 0.15) is 23.2 Å². The zero-order valence-electron chi connectivity index (χ0n) is 20.9. The van der Waals surface area contributed by atoms with E-state index in [-0.39, 0.29) is 19.6 Å². The van der Waals surface area contributed by atoms with E-state index in [1.165, 1.54) is 0 Å². The normalized spacial score (nSPS) is 45.1. The smallest absolute Gasteiger partial charge is 0.338 e. The van der Waals surface area contributed by atoms with Gasteiger partial charge in [-0.1, -0.05) is 36.4 Å². The van der Waals surface area contributed by atoms with Crippen LogP contribution in [0, 0.1) is 11.3 Å². The van der Waals surface area contributed by atoms with E-state index in [2.05, 4.69) is 0 Å². The molecule has 11 nitrogen and oxygen atoms in total. The van der Waals surface area contributed by atoms with Crippen molar-refractivity contribution in [2.45, 2.75) is 67.3 Å². The van der Waals surface area contributed by atoms with Gasteiger partial charge < -0.3 is 48.8 Å². The molecule has 9 rings (SSSR count). The van der Waals surface area contributed by atoms with Gasteiger partial charge in [-0.2, -0.15) is 0 Å². The largest absolute Gasteiger partial charge is 0.491 e. The minimum absolute atomic E-state index is 0.101. The molecular formula is C28H30O11. The number of hydrogen-bond acceptors (Lipinski definition) is 11. The van der Waals surface area contributed by atoms with Crippen molar-refractivity contribution in [2.75, 3.05) is 13.2 Å². The Bertz CT molecular complexity index is 1230. The van der Waals surface area contributed by atoms with Gasteiger partial charge in [0.05, 0.1) is 17.1 Å². The number of aliphatic hydroxyl groups excluding tert-OH is 3. The van der Waals surface area contributed by atoms with E-state index < -0.39 is 71.8 Å². The van der Waals surface area contributed by atoms with Crippen LogP contribution in [0.15, 0.2) is 60.7 Å². The fourth-order valence-corrected chi connectivity index (χ4v) is 7.07. The van der Waals surface area contributed by atoms with Crippen molar-refractivity contribution < 1.29 is 53.6 Å². The first-order chi connectivity index (χ1) is 18.8. The highest BCUT2D eigenvalue weighted by Gasteiger charge is 2.91. The van der Waals surface area contributed by atoms with Crippen LogP contribution in [0.4, 0.5) is 0 Å². The lowest BCUT2D eigenvalue weighted by Crippen LogP contribution is -2.77. The molecule has 11 heteroatoms. The van der Waals surface area contributed by atoms with Gasteiger partial charge in [-0.25, -0.2) is 4.79 Å². The summed E-state index contributed by atoms with van der Waals surface area (Å²) in [6, 6.07) is 17.5. The second-order valence-corrected chi connectivity index (χ2v) is 11.0. The molecule has 2 aromatic rings. The maximum Gasteiger partial charge on any atom is 0.338 e. The number of para-hydroxylation sites is 1. The highest BCUT2D eigenvalue weighted by atomic mass is 16.8. The summed E-state index contributed by atoms with van der Waals surface area (Å²) >= 11 is 0. The summed E-state index contributed by atoms with van der Waals surface area (Å²) in [5, 5.41) is 43.2. The maximum atomic E-state index is 12.8. The topological polar surface area (TPSA) is 153 Å². The molecule has 0 amide bonds. The fourth-order valence-electron chi connectivity index (χ4n) is 7.07. The number of aliphatic hydroxyl groups is 4. The number of carbonyl (C=O) groups excluding carboxylic acids is 1. The second kappa shape index (κ2) is 8.95. The van der Waals surface area contributed by atoms with Crippen LogP contribution in [-0.2, 0) is 23.7 Å². The average Bonchev–Trinajstić information content (AvgIpc) is 3.16. The van der Waals surface area contributed by atoms with Gasteiger partial charge in [-0.15, -0.1) is 0 Å². The minimum Gasteiger partial charge on any atom is -0.491 e. The van der Waals surface area contributed by atoms with E-state index in [0.29, 0.717) is 17.7 Å². The molecule has 4 saturated heterocycles. The predicted octanol–water partition coefficient (Wildman–Crippen LogP) is 0.339. The first kappa shape index (κ1) is 25.4. The van der Waals surface area contributed by atoms with Crippen molar-refractivity contribution in [3.63, 3.8) is 0 Å². The van der Waals surface area contributed by atoms with Crippen molar-refractivity contribution in [1.82, 2.24) is 0 Å². The van der Waals surface area contributed by atoms with E-state index in [1.54, 1.807) is 54.6 Å². The van der Waals surface area contributed by atoms with Crippen molar-refractivity contribution in [3.05, 3.63) is 66.2 Å². The Morgan fingerprint density at radius 3 is 2.38 bits per heavy atom. The summed E-state index contributed by atoms with van der Waals surface area (Å²) in [5.74, 6) is -1.87. The summed E-state index contributed by atoms with van der Waals surface area (Å²) in [6.45, 7) is -0.251. The molecule has 11 atom stereocenters. The molecule has 39 heavy (non-hydrogen) atoms. The lowest BCUT2D eigenvalue weighted by Gasteiger charge is -2.64. The zero-order chi connectivity index (χ0) is 27.0. The molecule has 4 N–H and O–H groups in total. The monoisotopic (exact) mass is 542 g/mol. The second-order valence-electron chi connectivity index (χ2n) is 11.0. The Hall–Kier alpha value is -2.61. The summed E-state index contributed by atoms with van der Waals surface area (Å²) in [4.78, 5) is 12.8. The molecule has 7 fully saturated rings. The molecule has 2 aromatic carbocycles. The summed E-state index contributed by atoms with van der Waals surface area (Å²) in [6.07, 6.45) is -8.00. The molecule has 4 aliphatic heterocycles. The van der Waals surface area contributed by atoms with Crippen LogP contribution in [0.2, 0.25) is 0 Å². The standard InChI is InChI=1S/C28H30O11/c29-20-17(13-34-16-9-5-2-6-10-16)36-24(22(31)21(20)30)38-27-11-18-26(27,25-37-19(27)12-28(18,33)39-25)14-35-23(32)15-7-3-1-4-8-15/h1-10,17-22,24-25,29-31,33H,11-14H2/t17-,18-,19+,20-,21+,22-,24+,25-,26+,27+,28-/m1/s1. The Balaban J connectivity index is 1.12. The Kier molecular flexibility index (Phi) is 5.82. The van der Waals surface area contributed by atoms with Crippen molar-refractivity contribution in [2.24, 2.45) is 11.3 Å². The van der Waals surface area contributed by atoms with Crippen LogP contribution in [0.3, 0.4) is 0 Å². The van der Waals surface area contributed by atoms with Crippen molar-refractivity contribution in [1.29, 1.82) is 0 Å². The Morgan fingerprint density at radius 1 is 0.923 bits per heavy atom. The van der Waals surface area contributed by atoms with Crippen molar-refractivity contribution in [3.8, 4) is 5.75 Å². The van der Waals surface area contributed by atoms with E-state index in [4.69, 9.17) is 28.4 Å². The number of esters is 1. The predicted molar refractivity (Wildman–Crippen MR) is 129 cm³/mol. The minimum atomic E-state index is -1.58. The molecule has 7 aliphatic rings. The molecule has 3 saturated carbocycles. The fraction of sp³-hybridized carbons (Fsp3) is 0.536. The number of carbonyl (C=O) groups is 1. The third kappa shape index (κ3) is 3.55. The molecule has 0 unspecified atom stereocenters. The van der Waals surface area contributed by atoms with Crippen LogP contribution in [0.25, 0.3) is 0 Å². The molecule has 3 aliphatic carbocycles. The van der Waals surface area contributed by atoms with Gasteiger partial charge in [0.2, 0.25) is 0 Å². The Morgan fingerprint density at radius 2 is 1.64 bits per heavy atom. The van der Waals surface area contributed by atoms with Gasteiger partial charge in [0.15, 0.2) is 18.4 Å². The molecule has 0 radical (unpaired) electrons. The quantitative estimate of drug-likeness (QED) is 0.342. The Labute approximate surface area is 223 Å². The zero-order valence-corrected chi connectivity index (χ0v) is 20.9. The number of hydrogen-bond donors (Lipinski definition) is 4. The number of rotatable bonds is 8. The van der Waals surface area contributed by atoms with Crippen molar-refractivity contribution >= 4 is 5.97 Å². The first-order valence-corrected chi connectivity index (χ1v) is 13.1. The number of benzene rings is 2. The third-order valence-corrected chi connectivity index (χ3v) is 9.08. The third-order valence-electron chi connectivity index (χ3n) is 9.08. The molecule has 6 bridgehead atoms. The van der Waals surface area contributed by atoms with Gasteiger partial charge in [-0.05, 0) is 30.7 Å². The maximum absolute atomic E-state index is 12.8. The van der Waals surface area contributed by atoms with Crippen LogP contribution >= 0.6 is 0 Å². The average molecular weight is 543 g/mol. The molecule has 4 heterocycles. The van der Waals surface area contributed by atoms with Gasteiger partial charge in [-0.3, -0.25) is 0 Å². The van der Waals surface area contributed by atoms with Crippen LogP contribution in [0.5, 0.6) is 5.75 Å². The lowest BCUT2D eigenvalue weighted by molar-refractivity contribution is -0.403.